The van der Waals surface area contributed by atoms with Crippen LogP contribution in [0.4, 0.5) is 8.78 Å². The van der Waals surface area contributed by atoms with Crippen molar-refractivity contribution in [1.82, 2.24) is 0 Å². The minimum absolute atomic E-state index is 0.329. The molecule has 0 heterocycles. The van der Waals surface area contributed by atoms with Crippen molar-refractivity contribution in [1.29, 1.82) is 0 Å². The fourth-order valence-corrected chi connectivity index (χ4v) is 2.42. The first-order chi connectivity index (χ1) is 11.1. The van der Waals surface area contributed by atoms with Crippen molar-refractivity contribution in [2.24, 2.45) is 0 Å². The van der Waals surface area contributed by atoms with Crippen LogP contribution in [0, 0.1) is 11.6 Å². The molecule has 0 aliphatic rings. The second-order valence-corrected chi connectivity index (χ2v) is 5.15. The van der Waals surface area contributed by atoms with Gasteiger partial charge in [0.1, 0.15) is 23.1 Å². The second kappa shape index (κ2) is 7.77. The summed E-state index contributed by atoms with van der Waals surface area (Å²) in [6.07, 6.45) is 5.21. The van der Waals surface area contributed by atoms with Crippen molar-refractivity contribution < 1.29 is 18.3 Å². The Morgan fingerprint density at radius 3 is 2.30 bits per heavy atom. The molecule has 2 aromatic rings. The molecule has 0 aromatic heterocycles. The summed E-state index contributed by atoms with van der Waals surface area (Å²) in [7, 11) is 3.20. The molecular weight excluding hydrogens is 298 g/mol. The molecule has 0 atom stereocenters. The van der Waals surface area contributed by atoms with Gasteiger partial charge in [0.05, 0.1) is 14.2 Å². The molecular formula is C19H20F2O2. The van der Waals surface area contributed by atoms with Crippen LogP contribution in [0.25, 0.3) is 12.2 Å². The van der Waals surface area contributed by atoms with E-state index in [-0.39, 0.29) is 0 Å². The largest absolute Gasteiger partial charge is 0.497 e. The van der Waals surface area contributed by atoms with Gasteiger partial charge in [-0.25, -0.2) is 8.78 Å². The van der Waals surface area contributed by atoms with Gasteiger partial charge in [-0.1, -0.05) is 25.5 Å². The Bertz CT molecular complexity index is 709. The van der Waals surface area contributed by atoms with Gasteiger partial charge in [-0.2, -0.15) is 0 Å². The lowest BCUT2D eigenvalue weighted by atomic mass is 10.00. The number of hydrogen-bond acceptors (Lipinski definition) is 2. The van der Waals surface area contributed by atoms with E-state index in [1.54, 1.807) is 26.4 Å². The molecule has 0 fully saturated rings. The zero-order valence-electron chi connectivity index (χ0n) is 13.5. The monoisotopic (exact) mass is 318 g/mol. The molecule has 2 aromatic carbocycles. The number of benzene rings is 2. The fourth-order valence-electron chi connectivity index (χ4n) is 2.42. The SMILES string of the molecule is CCCc1c(C=Cc2ccc(F)cc2F)cc(OC)cc1OC. The number of methoxy groups -OCH3 is 2. The second-order valence-electron chi connectivity index (χ2n) is 5.15. The molecule has 4 heteroatoms. The fraction of sp³-hybridized carbons (Fsp3) is 0.263. The normalized spacial score (nSPS) is 11.0. The average molecular weight is 318 g/mol. The van der Waals surface area contributed by atoms with Crippen LogP contribution in [-0.2, 0) is 6.42 Å². The summed E-state index contributed by atoms with van der Waals surface area (Å²) < 4.78 is 37.4. The van der Waals surface area contributed by atoms with E-state index in [0.717, 1.165) is 35.8 Å². The minimum atomic E-state index is -0.590. The van der Waals surface area contributed by atoms with Crippen LogP contribution in [0.5, 0.6) is 11.5 Å². The van der Waals surface area contributed by atoms with E-state index in [1.807, 2.05) is 12.1 Å². The standard InChI is InChI=1S/C19H20F2O2/c1-4-5-17-14(10-16(22-2)12-19(17)23-3)7-6-13-8-9-15(20)11-18(13)21/h6-12H,4-5H2,1-3H3. The van der Waals surface area contributed by atoms with Crippen LogP contribution in [0.15, 0.2) is 30.3 Å². The Labute approximate surface area is 135 Å². The summed E-state index contributed by atoms with van der Waals surface area (Å²) in [6.45, 7) is 2.08. The number of halogens is 2. The van der Waals surface area contributed by atoms with E-state index >= 15 is 0 Å². The Kier molecular flexibility index (Phi) is 5.74. The molecule has 122 valence electrons. The molecule has 0 unspecified atom stereocenters. The van der Waals surface area contributed by atoms with Gasteiger partial charge < -0.3 is 9.47 Å². The van der Waals surface area contributed by atoms with Crippen LogP contribution in [-0.4, -0.2) is 14.2 Å². The molecule has 0 saturated carbocycles. The molecule has 0 spiro atoms. The van der Waals surface area contributed by atoms with Gasteiger partial charge in [-0.15, -0.1) is 0 Å². The zero-order valence-corrected chi connectivity index (χ0v) is 13.5. The molecule has 2 rings (SSSR count). The van der Waals surface area contributed by atoms with E-state index in [9.17, 15) is 8.78 Å². The van der Waals surface area contributed by atoms with Gasteiger partial charge in [-0.3, -0.25) is 0 Å². The maximum atomic E-state index is 13.8. The van der Waals surface area contributed by atoms with E-state index in [0.29, 0.717) is 11.3 Å². The van der Waals surface area contributed by atoms with Crippen LogP contribution >= 0.6 is 0 Å². The highest BCUT2D eigenvalue weighted by atomic mass is 19.1. The van der Waals surface area contributed by atoms with Crippen LogP contribution in [0.2, 0.25) is 0 Å². The van der Waals surface area contributed by atoms with Crippen molar-refractivity contribution in [2.45, 2.75) is 19.8 Å². The topological polar surface area (TPSA) is 18.5 Å². The summed E-state index contributed by atoms with van der Waals surface area (Å²) in [6, 6.07) is 7.24. The number of ether oxygens (including phenoxy) is 2. The Morgan fingerprint density at radius 2 is 1.70 bits per heavy atom. The Morgan fingerprint density at radius 1 is 0.957 bits per heavy atom. The van der Waals surface area contributed by atoms with Gasteiger partial charge >= 0.3 is 0 Å². The Hall–Kier alpha value is -2.36. The minimum Gasteiger partial charge on any atom is -0.497 e. The number of rotatable bonds is 6. The molecule has 2 nitrogen and oxygen atoms in total. The highest BCUT2D eigenvalue weighted by Gasteiger charge is 2.10. The van der Waals surface area contributed by atoms with Crippen LogP contribution < -0.4 is 9.47 Å². The van der Waals surface area contributed by atoms with Crippen molar-refractivity contribution in [2.75, 3.05) is 14.2 Å². The van der Waals surface area contributed by atoms with Crippen LogP contribution in [0.3, 0.4) is 0 Å². The lowest BCUT2D eigenvalue weighted by Gasteiger charge is -2.13. The molecule has 0 N–H and O–H groups in total. The maximum Gasteiger partial charge on any atom is 0.133 e. The molecule has 0 saturated heterocycles. The summed E-state index contributed by atoms with van der Waals surface area (Å²) in [5.41, 5.74) is 2.26. The molecule has 0 aliphatic heterocycles. The van der Waals surface area contributed by atoms with Gasteiger partial charge in [0, 0.05) is 23.3 Å². The predicted octanol–water partition coefficient (Wildman–Crippen LogP) is 5.10. The van der Waals surface area contributed by atoms with Crippen molar-refractivity contribution in [3.63, 3.8) is 0 Å². The number of hydrogen-bond donors (Lipinski definition) is 0. The molecule has 0 radical (unpaired) electrons. The van der Waals surface area contributed by atoms with Gasteiger partial charge in [0.2, 0.25) is 0 Å². The third-order valence-electron chi connectivity index (χ3n) is 3.58. The maximum absolute atomic E-state index is 13.8. The third-order valence-corrected chi connectivity index (χ3v) is 3.58. The smallest absolute Gasteiger partial charge is 0.133 e. The van der Waals surface area contributed by atoms with E-state index in [2.05, 4.69) is 6.92 Å². The average Bonchev–Trinajstić information content (AvgIpc) is 2.55. The molecule has 23 heavy (non-hydrogen) atoms. The van der Waals surface area contributed by atoms with Crippen molar-refractivity contribution in [3.8, 4) is 11.5 Å². The van der Waals surface area contributed by atoms with E-state index in [4.69, 9.17) is 9.47 Å². The van der Waals surface area contributed by atoms with Crippen molar-refractivity contribution >= 4 is 12.2 Å². The zero-order chi connectivity index (χ0) is 16.8. The third kappa shape index (κ3) is 4.09. The van der Waals surface area contributed by atoms with E-state index < -0.39 is 11.6 Å². The summed E-state index contributed by atoms with van der Waals surface area (Å²) >= 11 is 0. The summed E-state index contributed by atoms with van der Waals surface area (Å²) in [5.74, 6) is 0.230. The first kappa shape index (κ1) is 17.0. The van der Waals surface area contributed by atoms with Crippen molar-refractivity contribution in [3.05, 3.63) is 58.7 Å². The lowest BCUT2D eigenvalue weighted by Crippen LogP contribution is -1.97. The quantitative estimate of drug-likeness (QED) is 0.690. The van der Waals surface area contributed by atoms with E-state index in [1.165, 1.54) is 12.1 Å². The highest BCUT2D eigenvalue weighted by molar-refractivity contribution is 5.73. The predicted molar refractivity (Wildman–Crippen MR) is 88.8 cm³/mol. The van der Waals surface area contributed by atoms with Gasteiger partial charge in [0.25, 0.3) is 0 Å². The lowest BCUT2D eigenvalue weighted by molar-refractivity contribution is 0.390. The van der Waals surface area contributed by atoms with Gasteiger partial charge in [0.15, 0.2) is 0 Å². The van der Waals surface area contributed by atoms with Crippen LogP contribution in [0.1, 0.15) is 30.0 Å². The summed E-state index contributed by atoms with van der Waals surface area (Å²) in [5, 5.41) is 0. The molecule has 0 aliphatic carbocycles. The molecule has 0 bridgehead atoms. The van der Waals surface area contributed by atoms with Gasteiger partial charge in [-0.05, 0) is 30.2 Å². The highest BCUT2D eigenvalue weighted by Crippen LogP contribution is 2.31. The summed E-state index contributed by atoms with van der Waals surface area (Å²) in [4.78, 5) is 0. The first-order valence-corrected chi connectivity index (χ1v) is 7.47. The Balaban J connectivity index is 2.45. The first-order valence-electron chi connectivity index (χ1n) is 7.47. The molecule has 0 amide bonds.